The molecular formula is C16H20FNS. The van der Waals surface area contributed by atoms with Crippen molar-refractivity contribution in [2.24, 2.45) is 0 Å². The molecule has 0 aliphatic carbocycles. The fourth-order valence-corrected chi connectivity index (χ4v) is 2.87. The lowest BCUT2D eigenvalue weighted by atomic mass is 10.1. The molecule has 0 bridgehead atoms. The Morgan fingerprint density at radius 1 is 1.21 bits per heavy atom. The quantitative estimate of drug-likeness (QED) is 0.841. The van der Waals surface area contributed by atoms with Gasteiger partial charge in [-0.05, 0) is 49.6 Å². The van der Waals surface area contributed by atoms with Crippen molar-refractivity contribution in [1.29, 1.82) is 0 Å². The molecule has 0 amide bonds. The zero-order valence-corrected chi connectivity index (χ0v) is 12.5. The third-order valence-corrected chi connectivity index (χ3v) is 4.57. The molecule has 0 fully saturated rings. The summed E-state index contributed by atoms with van der Waals surface area (Å²) < 4.78 is 13.5. The largest absolute Gasteiger partial charge is 0.305 e. The van der Waals surface area contributed by atoms with E-state index in [9.17, 15) is 4.39 Å². The summed E-state index contributed by atoms with van der Waals surface area (Å²) in [5.74, 6) is -0.129. The van der Waals surface area contributed by atoms with Crippen LogP contribution in [0.2, 0.25) is 0 Å². The zero-order chi connectivity index (χ0) is 13.8. The van der Waals surface area contributed by atoms with E-state index >= 15 is 0 Å². The Hall–Kier alpha value is -1.19. The van der Waals surface area contributed by atoms with Crippen molar-refractivity contribution < 1.29 is 4.39 Å². The zero-order valence-electron chi connectivity index (χ0n) is 11.7. The highest BCUT2D eigenvalue weighted by molar-refractivity contribution is 7.11. The molecule has 102 valence electrons. The maximum Gasteiger partial charge on any atom is 0.126 e. The fraction of sp³-hybridized carbons (Fsp3) is 0.375. The minimum atomic E-state index is -0.129. The molecule has 1 aromatic carbocycles. The van der Waals surface area contributed by atoms with Crippen molar-refractivity contribution >= 4 is 11.3 Å². The van der Waals surface area contributed by atoms with Gasteiger partial charge in [0.2, 0.25) is 0 Å². The SMILES string of the molecule is CCc1ccc(CNC(C)c2ccc(C)c(F)c2)s1. The Labute approximate surface area is 118 Å². The van der Waals surface area contributed by atoms with Crippen molar-refractivity contribution in [2.45, 2.75) is 39.8 Å². The normalized spacial score (nSPS) is 12.6. The standard InChI is InChI=1S/C16H20FNS/c1-4-14-7-8-15(19-14)10-18-12(3)13-6-5-11(2)16(17)9-13/h5-9,12,18H,4,10H2,1-3H3. The molecule has 1 aromatic heterocycles. The van der Waals surface area contributed by atoms with Crippen molar-refractivity contribution in [3.8, 4) is 0 Å². The average Bonchev–Trinajstić information content (AvgIpc) is 2.87. The van der Waals surface area contributed by atoms with E-state index in [1.54, 1.807) is 13.0 Å². The molecule has 2 rings (SSSR count). The minimum absolute atomic E-state index is 0.129. The lowest BCUT2D eigenvalue weighted by Gasteiger charge is -2.14. The van der Waals surface area contributed by atoms with Crippen LogP contribution in [-0.2, 0) is 13.0 Å². The summed E-state index contributed by atoms with van der Waals surface area (Å²) in [6.45, 7) is 6.86. The minimum Gasteiger partial charge on any atom is -0.305 e. The lowest BCUT2D eigenvalue weighted by molar-refractivity contribution is 0.566. The van der Waals surface area contributed by atoms with Gasteiger partial charge in [0, 0.05) is 22.3 Å². The van der Waals surface area contributed by atoms with Gasteiger partial charge in [-0.3, -0.25) is 0 Å². The van der Waals surface area contributed by atoms with Crippen LogP contribution in [0.1, 0.15) is 40.8 Å². The van der Waals surface area contributed by atoms with Gasteiger partial charge >= 0.3 is 0 Å². The predicted octanol–water partition coefficient (Wildman–Crippen LogP) is 4.61. The summed E-state index contributed by atoms with van der Waals surface area (Å²) in [5, 5.41) is 3.44. The van der Waals surface area contributed by atoms with Crippen LogP contribution in [0.4, 0.5) is 4.39 Å². The average molecular weight is 277 g/mol. The Kier molecular flexibility index (Phi) is 4.72. The number of benzene rings is 1. The Bertz CT molecular complexity index is 547. The van der Waals surface area contributed by atoms with Crippen molar-refractivity contribution in [3.63, 3.8) is 0 Å². The van der Waals surface area contributed by atoms with Crippen LogP contribution in [0, 0.1) is 12.7 Å². The van der Waals surface area contributed by atoms with Crippen LogP contribution in [0.5, 0.6) is 0 Å². The van der Waals surface area contributed by atoms with Crippen molar-refractivity contribution in [2.75, 3.05) is 0 Å². The maximum absolute atomic E-state index is 13.5. The number of hydrogen-bond donors (Lipinski definition) is 1. The second-order valence-corrected chi connectivity index (χ2v) is 6.09. The highest BCUT2D eigenvalue weighted by Crippen LogP contribution is 2.20. The first-order valence-corrected chi connectivity index (χ1v) is 7.48. The van der Waals surface area contributed by atoms with E-state index < -0.39 is 0 Å². The number of hydrogen-bond acceptors (Lipinski definition) is 2. The molecule has 1 atom stereocenters. The first-order chi connectivity index (χ1) is 9.10. The van der Waals surface area contributed by atoms with E-state index in [0.717, 1.165) is 18.5 Å². The van der Waals surface area contributed by atoms with E-state index in [1.807, 2.05) is 23.5 Å². The molecule has 0 aliphatic rings. The molecule has 0 radical (unpaired) electrons. The predicted molar refractivity (Wildman–Crippen MR) is 80.1 cm³/mol. The Balaban J connectivity index is 1.96. The molecule has 0 saturated heterocycles. The fourth-order valence-electron chi connectivity index (χ4n) is 1.96. The van der Waals surface area contributed by atoms with Gasteiger partial charge in [-0.25, -0.2) is 4.39 Å². The molecule has 0 saturated carbocycles. The van der Waals surface area contributed by atoms with Crippen LogP contribution in [0.25, 0.3) is 0 Å². The van der Waals surface area contributed by atoms with Crippen LogP contribution < -0.4 is 5.32 Å². The monoisotopic (exact) mass is 277 g/mol. The maximum atomic E-state index is 13.5. The molecule has 0 spiro atoms. The molecule has 1 N–H and O–H groups in total. The number of halogens is 1. The lowest BCUT2D eigenvalue weighted by Crippen LogP contribution is -2.17. The molecule has 1 nitrogen and oxygen atoms in total. The van der Waals surface area contributed by atoms with E-state index in [2.05, 4.69) is 31.3 Å². The van der Waals surface area contributed by atoms with Crippen molar-refractivity contribution in [1.82, 2.24) is 5.32 Å². The molecule has 2 aromatic rings. The number of rotatable bonds is 5. The number of thiophene rings is 1. The molecular weight excluding hydrogens is 257 g/mol. The van der Waals surface area contributed by atoms with E-state index in [1.165, 1.54) is 9.75 Å². The summed E-state index contributed by atoms with van der Waals surface area (Å²) in [6, 6.07) is 9.95. The van der Waals surface area contributed by atoms with Crippen molar-refractivity contribution in [3.05, 3.63) is 57.0 Å². The summed E-state index contributed by atoms with van der Waals surface area (Å²) in [6.07, 6.45) is 1.09. The van der Waals surface area contributed by atoms with Crippen LogP contribution in [0.15, 0.2) is 30.3 Å². The smallest absolute Gasteiger partial charge is 0.126 e. The highest BCUT2D eigenvalue weighted by Gasteiger charge is 2.08. The number of aryl methyl sites for hydroxylation is 2. The second-order valence-electron chi connectivity index (χ2n) is 4.83. The number of nitrogens with one attached hydrogen (secondary N) is 1. The van der Waals surface area contributed by atoms with Gasteiger partial charge in [-0.2, -0.15) is 0 Å². The first-order valence-electron chi connectivity index (χ1n) is 6.67. The van der Waals surface area contributed by atoms with Gasteiger partial charge in [0.25, 0.3) is 0 Å². The molecule has 1 heterocycles. The van der Waals surface area contributed by atoms with Crippen LogP contribution in [0.3, 0.4) is 0 Å². The van der Waals surface area contributed by atoms with Gasteiger partial charge in [-0.1, -0.05) is 19.1 Å². The topological polar surface area (TPSA) is 12.0 Å². The third kappa shape index (κ3) is 3.64. The van der Waals surface area contributed by atoms with Crippen LogP contribution in [-0.4, -0.2) is 0 Å². The van der Waals surface area contributed by atoms with Gasteiger partial charge in [-0.15, -0.1) is 11.3 Å². The van der Waals surface area contributed by atoms with Gasteiger partial charge in [0.15, 0.2) is 0 Å². The molecule has 1 unspecified atom stereocenters. The first kappa shape index (κ1) is 14.2. The van der Waals surface area contributed by atoms with Gasteiger partial charge in [0.05, 0.1) is 0 Å². The van der Waals surface area contributed by atoms with E-state index in [4.69, 9.17) is 0 Å². The summed E-state index contributed by atoms with van der Waals surface area (Å²) in [5.41, 5.74) is 1.69. The Morgan fingerprint density at radius 3 is 2.58 bits per heavy atom. The molecule has 0 aliphatic heterocycles. The third-order valence-electron chi connectivity index (χ3n) is 3.34. The summed E-state index contributed by atoms with van der Waals surface area (Å²) in [7, 11) is 0. The van der Waals surface area contributed by atoms with Gasteiger partial charge in [0.1, 0.15) is 5.82 Å². The van der Waals surface area contributed by atoms with E-state index in [0.29, 0.717) is 5.56 Å². The molecule has 3 heteroatoms. The Morgan fingerprint density at radius 2 is 1.95 bits per heavy atom. The van der Waals surface area contributed by atoms with Gasteiger partial charge < -0.3 is 5.32 Å². The summed E-state index contributed by atoms with van der Waals surface area (Å²) in [4.78, 5) is 2.74. The van der Waals surface area contributed by atoms with E-state index in [-0.39, 0.29) is 11.9 Å². The summed E-state index contributed by atoms with van der Waals surface area (Å²) >= 11 is 1.84. The second kappa shape index (κ2) is 6.31. The molecule has 19 heavy (non-hydrogen) atoms. The van der Waals surface area contributed by atoms with Crippen LogP contribution >= 0.6 is 11.3 Å². The highest BCUT2D eigenvalue weighted by atomic mass is 32.1.